The molecule has 2 aromatic heterocycles. The number of nitrogens with one attached hydrogen (secondary N) is 3. The molecule has 3 heterocycles. The highest BCUT2D eigenvalue weighted by Crippen LogP contribution is 2.28. The number of aromatic nitrogens is 4. The summed E-state index contributed by atoms with van der Waals surface area (Å²) in [6.45, 7) is 7.90. The number of rotatable bonds is 6. The first-order valence-electron chi connectivity index (χ1n) is 11.1. The van der Waals surface area contributed by atoms with Crippen LogP contribution in [0.5, 0.6) is 0 Å². The molecule has 1 aliphatic heterocycles. The first kappa shape index (κ1) is 21.6. The summed E-state index contributed by atoms with van der Waals surface area (Å²) in [4.78, 5) is 22.7. The summed E-state index contributed by atoms with van der Waals surface area (Å²) in [5, 5.41) is 10.7. The molecule has 1 aliphatic rings. The Bertz CT molecular complexity index is 1130. The second-order valence-corrected chi connectivity index (χ2v) is 8.27. The molecule has 7 heteroatoms. The molecule has 3 N–H and O–H groups in total. The van der Waals surface area contributed by atoms with E-state index in [1.807, 2.05) is 42.2 Å². The molecule has 0 saturated carbocycles. The van der Waals surface area contributed by atoms with E-state index in [0.717, 1.165) is 47.0 Å². The van der Waals surface area contributed by atoms with E-state index in [9.17, 15) is 4.79 Å². The molecule has 0 unspecified atom stereocenters. The summed E-state index contributed by atoms with van der Waals surface area (Å²) >= 11 is 0. The molecule has 0 fully saturated rings. The predicted molar refractivity (Wildman–Crippen MR) is 128 cm³/mol. The van der Waals surface area contributed by atoms with Gasteiger partial charge in [0.2, 0.25) is 0 Å². The highest BCUT2D eigenvalue weighted by molar-refractivity contribution is 5.75. The van der Waals surface area contributed by atoms with Crippen molar-refractivity contribution in [2.45, 2.75) is 40.2 Å². The van der Waals surface area contributed by atoms with Crippen LogP contribution < -0.4 is 5.32 Å². The number of H-pyrrole nitrogens is 2. The normalized spacial score (nSPS) is 13.3. The van der Waals surface area contributed by atoms with Gasteiger partial charge in [-0.2, -0.15) is 5.10 Å². The molecule has 0 atom stereocenters. The average molecular weight is 431 g/mol. The smallest absolute Gasteiger partial charge is 0.317 e. The minimum absolute atomic E-state index is 0.0399. The lowest BCUT2D eigenvalue weighted by Gasteiger charge is -2.27. The summed E-state index contributed by atoms with van der Waals surface area (Å²) in [7, 11) is 0. The first-order chi connectivity index (χ1) is 15.5. The van der Waals surface area contributed by atoms with Crippen molar-refractivity contribution >= 4 is 18.2 Å². The Morgan fingerprint density at radius 3 is 2.81 bits per heavy atom. The second-order valence-electron chi connectivity index (χ2n) is 8.27. The maximum absolute atomic E-state index is 12.6. The Labute approximate surface area is 188 Å². The Hall–Kier alpha value is -3.61. The van der Waals surface area contributed by atoms with E-state index in [2.05, 4.69) is 52.6 Å². The van der Waals surface area contributed by atoms with Gasteiger partial charge in [-0.05, 0) is 51.3 Å². The molecule has 3 aromatic rings. The van der Waals surface area contributed by atoms with E-state index in [4.69, 9.17) is 4.98 Å². The number of carbonyl (C=O) groups is 1. The molecule has 0 spiro atoms. The third-order valence-corrected chi connectivity index (χ3v) is 5.50. The molecule has 166 valence electrons. The monoisotopic (exact) mass is 430 g/mol. The summed E-state index contributed by atoms with van der Waals surface area (Å²) in [6.07, 6.45) is 7.63. The van der Waals surface area contributed by atoms with Crippen molar-refractivity contribution in [3.8, 4) is 11.5 Å². The molecule has 32 heavy (non-hydrogen) atoms. The van der Waals surface area contributed by atoms with Crippen molar-refractivity contribution in [1.29, 1.82) is 0 Å². The number of urea groups is 1. The number of hydrogen-bond donors (Lipinski definition) is 3. The quantitative estimate of drug-likeness (QED) is 0.535. The third kappa shape index (κ3) is 4.82. The number of fused-ring (bicyclic) bond motifs is 1. The van der Waals surface area contributed by atoms with Crippen LogP contribution in [0.15, 0.2) is 42.0 Å². The van der Waals surface area contributed by atoms with Gasteiger partial charge in [-0.15, -0.1) is 0 Å². The Morgan fingerprint density at radius 1 is 1.25 bits per heavy atom. The molecule has 0 aliphatic carbocycles. The van der Waals surface area contributed by atoms with Crippen LogP contribution in [-0.2, 0) is 19.4 Å². The van der Waals surface area contributed by atoms with Crippen LogP contribution >= 0.6 is 0 Å². The second kappa shape index (κ2) is 9.68. The zero-order valence-electron chi connectivity index (χ0n) is 18.9. The fraction of sp³-hybridized carbons (Fsp3) is 0.320. The lowest BCUT2D eigenvalue weighted by atomic mass is 10.0. The van der Waals surface area contributed by atoms with Gasteiger partial charge < -0.3 is 15.2 Å². The predicted octanol–water partition coefficient (Wildman–Crippen LogP) is 4.57. The van der Waals surface area contributed by atoms with Crippen LogP contribution in [-0.4, -0.2) is 44.2 Å². The molecule has 1 aromatic carbocycles. The summed E-state index contributed by atoms with van der Waals surface area (Å²) < 4.78 is 0. The molecule has 0 bridgehead atoms. The van der Waals surface area contributed by atoms with Gasteiger partial charge in [0, 0.05) is 18.7 Å². The van der Waals surface area contributed by atoms with Crippen LogP contribution in [0.3, 0.4) is 0 Å². The average Bonchev–Trinajstić information content (AvgIpc) is 3.37. The van der Waals surface area contributed by atoms with Gasteiger partial charge in [-0.1, -0.05) is 42.0 Å². The molecule has 0 radical (unpaired) electrons. The van der Waals surface area contributed by atoms with Crippen LogP contribution in [0.1, 0.15) is 49.0 Å². The molecule has 0 saturated heterocycles. The topological polar surface area (TPSA) is 89.7 Å². The number of nitrogens with zero attached hydrogens (tertiary/aromatic N) is 3. The lowest BCUT2D eigenvalue weighted by molar-refractivity contribution is 0.192. The van der Waals surface area contributed by atoms with E-state index in [0.29, 0.717) is 19.6 Å². The molecular weight excluding hydrogens is 400 g/mol. The molecule has 4 rings (SSSR count). The number of amides is 2. The van der Waals surface area contributed by atoms with E-state index >= 15 is 0 Å². The Kier molecular flexibility index (Phi) is 6.54. The highest BCUT2D eigenvalue weighted by Gasteiger charge is 2.26. The number of aromatic amines is 2. The minimum atomic E-state index is -0.0399. The summed E-state index contributed by atoms with van der Waals surface area (Å²) in [6, 6.07) is 10.1. The van der Waals surface area contributed by atoms with Crippen LogP contribution in [0.4, 0.5) is 4.79 Å². The number of imidazole rings is 1. The van der Waals surface area contributed by atoms with Gasteiger partial charge in [0.15, 0.2) is 5.82 Å². The zero-order chi connectivity index (χ0) is 22.5. The largest absolute Gasteiger partial charge is 0.338 e. The van der Waals surface area contributed by atoms with E-state index in [1.165, 1.54) is 11.1 Å². The number of benzene rings is 1. The van der Waals surface area contributed by atoms with Crippen LogP contribution in [0.2, 0.25) is 0 Å². The first-order valence-corrected chi connectivity index (χ1v) is 11.1. The SMILES string of the molecule is C/C=C/c1nc(-c2n[nH]c3c2CCN(C(=O)NCCc2ccccc2)C3)[nH]c1C=C(C)C. The van der Waals surface area contributed by atoms with Gasteiger partial charge in [0.25, 0.3) is 0 Å². The van der Waals surface area contributed by atoms with E-state index in [1.54, 1.807) is 0 Å². The number of allylic oxidation sites excluding steroid dienone is 2. The van der Waals surface area contributed by atoms with Crippen molar-refractivity contribution < 1.29 is 4.79 Å². The number of hydrogen-bond acceptors (Lipinski definition) is 3. The highest BCUT2D eigenvalue weighted by atomic mass is 16.2. The van der Waals surface area contributed by atoms with Crippen molar-refractivity contribution in [3.05, 3.63) is 70.2 Å². The van der Waals surface area contributed by atoms with Crippen LogP contribution in [0, 0.1) is 0 Å². The fourth-order valence-electron chi connectivity index (χ4n) is 3.95. The minimum Gasteiger partial charge on any atom is -0.338 e. The standard InChI is InChI=1S/C25H30N6O/c1-4-8-20-21(15-17(2)3)28-24(27-20)23-19-12-14-31(16-22(19)29-30-23)25(32)26-13-11-18-9-6-5-7-10-18/h4-10,15H,11-14,16H2,1-3H3,(H,26,32)(H,27,28)(H,29,30)/b8-4+. The molecular formula is C25H30N6O. The van der Waals surface area contributed by atoms with Gasteiger partial charge >= 0.3 is 6.03 Å². The van der Waals surface area contributed by atoms with Crippen molar-refractivity contribution in [1.82, 2.24) is 30.4 Å². The van der Waals surface area contributed by atoms with Crippen molar-refractivity contribution in [2.24, 2.45) is 0 Å². The zero-order valence-corrected chi connectivity index (χ0v) is 18.9. The maximum atomic E-state index is 12.6. The van der Waals surface area contributed by atoms with E-state index in [-0.39, 0.29) is 6.03 Å². The lowest BCUT2D eigenvalue weighted by Crippen LogP contribution is -2.43. The van der Waals surface area contributed by atoms with Gasteiger partial charge in [-0.25, -0.2) is 9.78 Å². The van der Waals surface area contributed by atoms with Gasteiger partial charge in [-0.3, -0.25) is 5.10 Å². The molecule has 7 nitrogen and oxygen atoms in total. The Morgan fingerprint density at radius 2 is 2.06 bits per heavy atom. The molecule has 2 amide bonds. The summed E-state index contributed by atoms with van der Waals surface area (Å²) in [5.74, 6) is 0.754. The number of carbonyl (C=O) groups excluding carboxylic acids is 1. The van der Waals surface area contributed by atoms with Crippen molar-refractivity contribution in [2.75, 3.05) is 13.1 Å². The fourth-order valence-corrected chi connectivity index (χ4v) is 3.95. The third-order valence-electron chi connectivity index (χ3n) is 5.50. The van der Waals surface area contributed by atoms with Crippen molar-refractivity contribution in [3.63, 3.8) is 0 Å². The van der Waals surface area contributed by atoms with Gasteiger partial charge in [0.05, 0.1) is 23.6 Å². The Balaban J connectivity index is 1.44. The summed E-state index contributed by atoms with van der Waals surface area (Å²) in [5.41, 5.74) is 7.23. The van der Waals surface area contributed by atoms with Gasteiger partial charge in [0.1, 0.15) is 5.69 Å². The van der Waals surface area contributed by atoms with Crippen LogP contribution in [0.25, 0.3) is 23.7 Å². The van der Waals surface area contributed by atoms with E-state index < -0.39 is 0 Å². The maximum Gasteiger partial charge on any atom is 0.317 e.